The van der Waals surface area contributed by atoms with E-state index in [-0.39, 0.29) is 0 Å². The second-order valence-corrected chi connectivity index (χ2v) is 7.65. The van der Waals surface area contributed by atoms with Crippen molar-refractivity contribution in [2.45, 2.75) is 71.4 Å². The first-order valence-corrected chi connectivity index (χ1v) is 10.1. The summed E-state index contributed by atoms with van der Waals surface area (Å²) >= 11 is 0. The van der Waals surface area contributed by atoms with Gasteiger partial charge in [-0.15, -0.1) is 0 Å². The van der Waals surface area contributed by atoms with Crippen molar-refractivity contribution in [1.82, 2.24) is 15.5 Å². The number of nitrogens with zero attached hydrogens (tertiary/aromatic N) is 2. The van der Waals surface area contributed by atoms with E-state index in [1.165, 1.54) is 45.2 Å². The predicted octanol–water partition coefficient (Wildman–Crippen LogP) is 2.62. The summed E-state index contributed by atoms with van der Waals surface area (Å²) in [4.78, 5) is 7.40. The fraction of sp³-hybridized carbons (Fsp3) is 0.947. The maximum Gasteiger partial charge on any atom is 0.191 e. The highest BCUT2D eigenvalue weighted by Crippen LogP contribution is 2.26. The van der Waals surface area contributed by atoms with E-state index in [4.69, 9.17) is 9.73 Å². The van der Waals surface area contributed by atoms with E-state index in [0.29, 0.717) is 12.0 Å². The Morgan fingerprint density at radius 2 is 2.04 bits per heavy atom. The number of hydrogen-bond acceptors (Lipinski definition) is 3. The average Bonchev–Trinajstić information content (AvgIpc) is 3.21. The van der Waals surface area contributed by atoms with Gasteiger partial charge < -0.3 is 15.4 Å². The lowest BCUT2D eigenvalue weighted by molar-refractivity contribution is 0.109. The highest BCUT2D eigenvalue weighted by Gasteiger charge is 2.30. The van der Waals surface area contributed by atoms with E-state index in [0.717, 1.165) is 44.7 Å². The Morgan fingerprint density at radius 3 is 2.75 bits per heavy atom. The molecule has 140 valence electrons. The lowest BCUT2D eigenvalue weighted by Crippen LogP contribution is -2.45. The molecule has 0 bridgehead atoms. The SMILES string of the molecule is CCNC(=NCCCOCC(C)C)NC1CCN(C2CCCC2)C1. The second kappa shape index (κ2) is 10.9. The van der Waals surface area contributed by atoms with Crippen LogP contribution < -0.4 is 10.6 Å². The Bertz CT molecular complexity index is 366. The molecule has 24 heavy (non-hydrogen) atoms. The van der Waals surface area contributed by atoms with Crippen LogP contribution in [0.15, 0.2) is 4.99 Å². The summed E-state index contributed by atoms with van der Waals surface area (Å²) < 4.78 is 5.62. The maximum atomic E-state index is 5.62. The largest absolute Gasteiger partial charge is 0.381 e. The zero-order valence-electron chi connectivity index (χ0n) is 16.0. The van der Waals surface area contributed by atoms with Crippen molar-refractivity contribution in [2.75, 3.05) is 39.4 Å². The monoisotopic (exact) mass is 338 g/mol. The predicted molar refractivity (Wildman–Crippen MR) is 102 cm³/mol. The molecular weight excluding hydrogens is 300 g/mol. The topological polar surface area (TPSA) is 48.9 Å². The lowest BCUT2D eigenvalue weighted by atomic mass is 10.2. The Kier molecular flexibility index (Phi) is 8.89. The molecule has 1 atom stereocenters. The summed E-state index contributed by atoms with van der Waals surface area (Å²) in [5.74, 6) is 1.58. The summed E-state index contributed by atoms with van der Waals surface area (Å²) in [6.45, 7) is 12.3. The summed E-state index contributed by atoms with van der Waals surface area (Å²) in [7, 11) is 0. The van der Waals surface area contributed by atoms with Crippen LogP contribution in [0.25, 0.3) is 0 Å². The Labute approximate surface area is 148 Å². The van der Waals surface area contributed by atoms with Crippen molar-refractivity contribution in [2.24, 2.45) is 10.9 Å². The van der Waals surface area contributed by atoms with Gasteiger partial charge in [-0.3, -0.25) is 9.89 Å². The Hall–Kier alpha value is -0.810. The second-order valence-electron chi connectivity index (χ2n) is 7.65. The fourth-order valence-electron chi connectivity index (χ4n) is 3.70. The fourth-order valence-corrected chi connectivity index (χ4v) is 3.70. The molecule has 2 fully saturated rings. The molecule has 1 saturated carbocycles. The van der Waals surface area contributed by atoms with Crippen LogP contribution in [0.4, 0.5) is 0 Å². The lowest BCUT2D eigenvalue weighted by Gasteiger charge is -2.24. The van der Waals surface area contributed by atoms with Crippen LogP contribution in [0.1, 0.15) is 59.3 Å². The molecule has 5 nitrogen and oxygen atoms in total. The smallest absolute Gasteiger partial charge is 0.191 e. The van der Waals surface area contributed by atoms with Crippen LogP contribution in [0, 0.1) is 5.92 Å². The first kappa shape index (κ1) is 19.5. The number of hydrogen-bond donors (Lipinski definition) is 2. The molecule has 0 amide bonds. The van der Waals surface area contributed by atoms with Crippen molar-refractivity contribution in [3.05, 3.63) is 0 Å². The molecule has 0 aromatic heterocycles. The number of likely N-dealkylation sites (tertiary alicyclic amines) is 1. The summed E-state index contributed by atoms with van der Waals surface area (Å²) in [6.07, 6.45) is 7.86. The van der Waals surface area contributed by atoms with Crippen molar-refractivity contribution >= 4 is 5.96 Å². The van der Waals surface area contributed by atoms with E-state index >= 15 is 0 Å². The quantitative estimate of drug-likeness (QED) is 0.385. The Morgan fingerprint density at radius 1 is 1.25 bits per heavy atom. The molecule has 1 saturated heterocycles. The molecule has 0 spiro atoms. The van der Waals surface area contributed by atoms with Crippen LogP contribution >= 0.6 is 0 Å². The van der Waals surface area contributed by atoms with E-state index in [1.807, 2.05) is 0 Å². The zero-order chi connectivity index (χ0) is 17.2. The van der Waals surface area contributed by atoms with Gasteiger partial charge in [-0.05, 0) is 38.5 Å². The molecule has 0 radical (unpaired) electrons. The van der Waals surface area contributed by atoms with Crippen LogP contribution in [0.3, 0.4) is 0 Å². The first-order chi connectivity index (χ1) is 11.7. The summed E-state index contributed by atoms with van der Waals surface area (Å²) in [5.41, 5.74) is 0. The third-order valence-corrected chi connectivity index (χ3v) is 4.91. The minimum atomic E-state index is 0.542. The summed E-state index contributed by atoms with van der Waals surface area (Å²) in [5, 5.41) is 7.02. The minimum absolute atomic E-state index is 0.542. The third kappa shape index (κ3) is 6.98. The maximum absolute atomic E-state index is 5.62. The van der Waals surface area contributed by atoms with Crippen molar-refractivity contribution < 1.29 is 4.74 Å². The van der Waals surface area contributed by atoms with Crippen LogP contribution in [0.2, 0.25) is 0 Å². The highest BCUT2D eigenvalue weighted by atomic mass is 16.5. The van der Waals surface area contributed by atoms with Gasteiger partial charge in [-0.25, -0.2) is 0 Å². The average molecular weight is 339 g/mol. The number of guanidine groups is 1. The molecule has 1 unspecified atom stereocenters. The van der Waals surface area contributed by atoms with Gasteiger partial charge in [0.05, 0.1) is 0 Å². The minimum Gasteiger partial charge on any atom is -0.381 e. The zero-order valence-corrected chi connectivity index (χ0v) is 16.0. The molecule has 2 rings (SSSR count). The Balaban J connectivity index is 1.67. The van der Waals surface area contributed by atoms with Crippen molar-refractivity contribution in [3.63, 3.8) is 0 Å². The van der Waals surface area contributed by atoms with Crippen LogP contribution in [-0.4, -0.2) is 62.3 Å². The molecule has 1 aliphatic carbocycles. The number of nitrogens with one attached hydrogen (secondary N) is 2. The molecule has 2 aliphatic rings. The summed E-state index contributed by atoms with van der Waals surface area (Å²) in [6, 6.07) is 1.38. The van der Waals surface area contributed by atoms with Gasteiger partial charge in [0.25, 0.3) is 0 Å². The molecule has 2 N–H and O–H groups in total. The van der Waals surface area contributed by atoms with E-state index in [9.17, 15) is 0 Å². The van der Waals surface area contributed by atoms with Crippen LogP contribution in [-0.2, 0) is 4.74 Å². The van der Waals surface area contributed by atoms with E-state index in [2.05, 4.69) is 36.3 Å². The van der Waals surface area contributed by atoms with Gasteiger partial charge in [-0.1, -0.05) is 26.7 Å². The molecule has 0 aromatic rings. The molecular formula is C19H38N4O. The number of rotatable bonds is 9. The van der Waals surface area contributed by atoms with Gasteiger partial charge >= 0.3 is 0 Å². The third-order valence-electron chi connectivity index (χ3n) is 4.91. The number of ether oxygens (including phenoxy) is 1. The highest BCUT2D eigenvalue weighted by molar-refractivity contribution is 5.80. The van der Waals surface area contributed by atoms with Gasteiger partial charge in [0.1, 0.15) is 0 Å². The van der Waals surface area contributed by atoms with E-state index < -0.39 is 0 Å². The molecule has 1 heterocycles. The van der Waals surface area contributed by atoms with Crippen LogP contribution in [0.5, 0.6) is 0 Å². The molecule has 0 aromatic carbocycles. The normalized spacial score (nSPS) is 23.3. The van der Waals surface area contributed by atoms with Gasteiger partial charge in [0.2, 0.25) is 0 Å². The standard InChI is InChI=1S/C19H38N4O/c1-4-20-19(21-11-7-13-24-15-16(2)3)22-17-10-12-23(14-17)18-8-5-6-9-18/h16-18H,4-15H2,1-3H3,(H2,20,21,22). The van der Waals surface area contributed by atoms with Gasteiger partial charge in [-0.2, -0.15) is 0 Å². The van der Waals surface area contributed by atoms with Crippen molar-refractivity contribution in [1.29, 1.82) is 0 Å². The number of aliphatic imine (C=N–C) groups is 1. The molecule has 5 heteroatoms. The van der Waals surface area contributed by atoms with Crippen molar-refractivity contribution in [3.8, 4) is 0 Å². The van der Waals surface area contributed by atoms with Gasteiger partial charge in [0.15, 0.2) is 5.96 Å². The molecule has 1 aliphatic heterocycles. The van der Waals surface area contributed by atoms with Gasteiger partial charge in [0, 0.05) is 51.5 Å². The first-order valence-electron chi connectivity index (χ1n) is 10.1. The van der Waals surface area contributed by atoms with E-state index in [1.54, 1.807) is 0 Å².